The molecule has 0 aliphatic rings. The van der Waals surface area contributed by atoms with Crippen molar-refractivity contribution in [2.75, 3.05) is 72.5 Å². The van der Waals surface area contributed by atoms with Gasteiger partial charge >= 0.3 is 0 Å². The largest absolute Gasteiger partial charge is 0.377 e. The molecule has 5 N–H and O–H groups in total. The molecule has 0 atom stereocenters. The number of rotatable bonds is 19. The Balaban J connectivity index is 3.31. The molecule has 0 unspecified atom stereocenters. The van der Waals surface area contributed by atoms with Gasteiger partial charge in [0.05, 0.1) is 46.2 Å². The van der Waals surface area contributed by atoms with Crippen molar-refractivity contribution in [1.82, 2.24) is 16.0 Å². The minimum Gasteiger partial charge on any atom is -0.377 e. The molecule has 4 amide bonds. The maximum absolute atomic E-state index is 11.5. The summed E-state index contributed by atoms with van der Waals surface area (Å²) in [6.07, 6.45) is 0.440. The first-order valence-corrected chi connectivity index (χ1v) is 9.35. The van der Waals surface area contributed by atoms with Crippen LogP contribution in [0, 0.1) is 0 Å². The van der Waals surface area contributed by atoms with Crippen LogP contribution in [0.25, 0.3) is 0 Å². The fourth-order valence-electron chi connectivity index (χ4n) is 1.71. The zero-order valence-electron chi connectivity index (χ0n) is 16.8. The maximum Gasteiger partial charge on any atom is 0.246 e. The molecule has 0 bridgehead atoms. The molecule has 0 saturated heterocycles. The molecule has 0 aromatic rings. The zero-order chi connectivity index (χ0) is 21.7. The van der Waals surface area contributed by atoms with E-state index in [9.17, 15) is 19.2 Å². The van der Waals surface area contributed by atoms with E-state index in [4.69, 9.17) is 24.7 Å². The average Bonchev–Trinajstić information content (AvgIpc) is 2.69. The van der Waals surface area contributed by atoms with E-state index in [1.54, 1.807) is 6.92 Å². The minimum atomic E-state index is -0.628. The van der Waals surface area contributed by atoms with Gasteiger partial charge in [0.15, 0.2) is 0 Å². The standard InChI is InChI=1S/C17H32N4O8/c1-2-15(23)19-3-5-26-7-9-28-12-16(24)20-4-6-27-8-10-29-13-17(25)21-11-14(18)22/h2-13H2,1H3,(H2,18,22)(H,19,23)(H,20,24)(H,21,25). The average molecular weight is 420 g/mol. The molecule has 168 valence electrons. The highest BCUT2D eigenvalue weighted by atomic mass is 16.5. The molecule has 0 aromatic heterocycles. The lowest BCUT2D eigenvalue weighted by molar-refractivity contribution is -0.128. The maximum atomic E-state index is 11.5. The Bertz CT molecular complexity index is 490. The van der Waals surface area contributed by atoms with Crippen LogP contribution in [-0.4, -0.2) is 96.1 Å². The quantitative estimate of drug-likeness (QED) is 0.164. The lowest BCUT2D eigenvalue weighted by Crippen LogP contribution is -2.35. The number of nitrogens with one attached hydrogen (secondary N) is 3. The fraction of sp³-hybridized carbons (Fsp3) is 0.765. The summed E-state index contributed by atoms with van der Waals surface area (Å²) in [5.74, 6) is -1.37. The third-order valence-electron chi connectivity index (χ3n) is 3.13. The van der Waals surface area contributed by atoms with Crippen molar-refractivity contribution in [2.45, 2.75) is 13.3 Å². The lowest BCUT2D eigenvalue weighted by Gasteiger charge is -2.08. The Hall–Kier alpha value is -2.28. The predicted molar refractivity (Wildman–Crippen MR) is 102 cm³/mol. The Morgan fingerprint density at radius 1 is 0.655 bits per heavy atom. The second-order valence-corrected chi connectivity index (χ2v) is 5.63. The topological polar surface area (TPSA) is 167 Å². The summed E-state index contributed by atoms with van der Waals surface area (Å²) in [7, 11) is 0. The van der Waals surface area contributed by atoms with Crippen molar-refractivity contribution >= 4 is 23.6 Å². The van der Waals surface area contributed by atoms with E-state index in [-0.39, 0.29) is 58.0 Å². The van der Waals surface area contributed by atoms with E-state index < -0.39 is 11.8 Å². The number of nitrogens with two attached hydrogens (primary N) is 1. The Morgan fingerprint density at radius 2 is 1.10 bits per heavy atom. The van der Waals surface area contributed by atoms with Gasteiger partial charge in [-0.2, -0.15) is 0 Å². The fourth-order valence-corrected chi connectivity index (χ4v) is 1.71. The molecule has 0 saturated carbocycles. The van der Waals surface area contributed by atoms with Crippen LogP contribution in [0.3, 0.4) is 0 Å². The lowest BCUT2D eigenvalue weighted by atomic mass is 10.4. The van der Waals surface area contributed by atoms with Crippen molar-refractivity contribution in [2.24, 2.45) is 5.73 Å². The molecule has 29 heavy (non-hydrogen) atoms. The first-order chi connectivity index (χ1) is 14.0. The van der Waals surface area contributed by atoms with Crippen molar-refractivity contribution < 1.29 is 38.1 Å². The van der Waals surface area contributed by atoms with E-state index in [1.165, 1.54) is 0 Å². The van der Waals surface area contributed by atoms with Crippen molar-refractivity contribution in [3.8, 4) is 0 Å². The molecule has 0 spiro atoms. The summed E-state index contributed by atoms with van der Waals surface area (Å²) >= 11 is 0. The van der Waals surface area contributed by atoms with Gasteiger partial charge in [0.1, 0.15) is 13.2 Å². The predicted octanol–water partition coefficient (Wildman–Crippen LogP) is -2.70. The van der Waals surface area contributed by atoms with Gasteiger partial charge in [0.25, 0.3) is 0 Å². The molecule has 0 radical (unpaired) electrons. The second-order valence-electron chi connectivity index (χ2n) is 5.63. The SMILES string of the molecule is CCC(=O)NCCOCCOCC(=O)NCCOCCOCC(=O)NCC(N)=O. The van der Waals surface area contributed by atoms with E-state index in [0.29, 0.717) is 32.7 Å². The van der Waals surface area contributed by atoms with Gasteiger partial charge in [-0.3, -0.25) is 19.2 Å². The third kappa shape index (κ3) is 20.3. The molecule has 0 rings (SSSR count). The van der Waals surface area contributed by atoms with Gasteiger partial charge in [-0.05, 0) is 0 Å². The van der Waals surface area contributed by atoms with Crippen molar-refractivity contribution in [3.63, 3.8) is 0 Å². The number of carbonyl (C=O) groups is 4. The number of hydrogen-bond donors (Lipinski definition) is 4. The molecule has 0 aliphatic heterocycles. The summed E-state index contributed by atoms with van der Waals surface area (Å²) in [6.45, 7) is 3.76. The first kappa shape index (κ1) is 26.7. The van der Waals surface area contributed by atoms with Gasteiger partial charge in [-0.1, -0.05) is 6.92 Å². The van der Waals surface area contributed by atoms with Gasteiger partial charge in [-0.15, -0.1) is 0 Å². The monoisotopic (exact) mass is 420 g/mol. The zero-order valence-corrected chi connectivity index (χ0v) is 16.8. The summed E-state index contributed by atoms with van der Waals surface area (Å²) in [5, 5.41) is 7.59. The van der Waals surface area contributed by atoms with E-state index in [0.717, 1.165) is 0 Å². The van der Waals surface area contributed by atoms with E-state index in [2.05, 4.69) is 16.0 Å². The van der Waals surface area contributed by atoms with E-state index in [1.807, 2.05) is 0 Å². The van der Waals surface area contributed by atoms with Crippen LogP contribution in [0.15, 0.2) is 0 Å². The summed E-state index contributed by atoms with van der Waals surface area (Å²) < 4.78 is 20.7. The number of amides is 4. The molecule has 12 heteroatoms. The van der Waals surface area contributed by atoms with Gasteiger partial charge in [0.2, 0.25) is 23.6 Å². The highest BCUT2D eigenvalue weighted by Crippen LogP contribution is 1.82. The van der Waals surface area contributed by atoms with Crippen LogP contribution in [0.4, 0.5) is 0 Å². The summed E-state index contributed by atoms with van der Waals surface area (Å²) in [6, 6.07) is 0. The van der Waals surface area contributed by atoms with Crippen LogP contribution in [0.5, 0.6) is 0 Å². The van der Waals surface area contributed by atoms with Crippen LogP contribution < -0.4 is 21.7 Å². The first-order valence-electron chi connectivity index (χ1n) is 9.35. The second kappa shape index (κ2) is 19.1. The number of carbonyl (C=O) groups excluding carboxylic acids is 4. The molecule has 0 aliphatic carbocycles. The highest BCUT2D eigenvalue weighted by molar-refractivity contribution is 5.84. The van der Waals surface area contributed by atoms with Crippen molar-refractivity contribution in [1.29, 1.82) is 0 Å². The number of primary amides is 1. The normalized spacial score (nSPS) is 10.4. The highest BCUT2D eigenvalue weighted by Gasteiger charge is 2.03. The molecule has 12 nitrogen and oxygen atoms in total. The number of hydrogen-bond acceptors (Lipinski definition) is 8. The molecule has 0 heterocycles. The van der Waals surface area contributed by atoms with Crippen LogP contribution in [0.1, 0.15) is 13.3 Å². The van der Waals surface area contributed by atoms with Gasteiger partial charge in [-0.25, -0.2) is 0 Å². The van der Waals surface area contributed by atoms with Gasteiger partial charge < -0.3 is 40.6 Å². The van der Waals surface area contributed by atoms with Crippen LogP contribution in [0.2, 0.25) is 0 Å². The molecular formula is C17H32N4O8. The van der Waals surface area contributed by atoms with Crippen LogP contribution in [-0.2, 0) is 38.1 Å². The van der Waals surface area contributed by atoms with Crippen LogP contribution >= 0.6 is 0 Å². The smallest absolute Gasteiger partial charge is 0.246 e. The molecule has 0 fully saturated rings. The Morgan fingerprint density at radius 3 is 1.59 bits per heavy atom. The Labute approximate surface area is 170 Å². The summed E-state index contributed by atoms with van der Waals surface area (Å²) in [5.41, 5.74) is 4.88. The van der Waals surface area contributed by atoms with Crippen molar-refractivity contribution in [3.05, 3.63) is 0 Å². The third-order valence-corrected chi connectivity index (χ3v) is 3.13. The van der Waals surface area contributed by atoms with Gasteiger partial charge in [0, 0.05) is 19.5 Å². The van der Waals surface area contributed by atoms with E-state index >= 15 is 0 Å². The Kier molecular flexibility index (Phi) is 17.6. The number of ether oxygens (including phenoxy) is 4. The minimum absolute atomic E-state index is 0.0255. The molecular weight excluding hydrogens is 388 g/mol. The molecule has 0 aromatic carbocycles. The summed E-state index contributed by atoms with van der Waals surface area (Å²) in [4.78, 5) is 44.2.